The van der Waals surface area contributed by atoms with Gasteiger partial charge in [0.05, 0.1) is 12.6 Å². The van der Waals surface area contributed by atoms with E-state index >= 15 is 0 Å². The van der Waals surface area contributed by atoms with Gasteiger partial charge in [-0.3, -0.25) is 4.79 Å². The second kappa shape index (κ2) is 7.25. The predicted octanol–water partition coefficient (Wildman–Crippen LogP) is 1.53. The third-order valence-corrected chi connectivity index (χ3v) is 4.73. The highest BCUT2D eigenvalue weighted by atomic mass is 16.3. The van der Waals surface area contributed by atoms with Gasteiger partial charge in [0, 0.05) is 19.0 Å². The fraction of sp³-hybridized carbons (Fsp3) is 0.933. The van der Waals surface area contributed by atoms with Gasteiger partial charge in [-0.05, 0) is 38.1 Å². The van der Waals surface area contributed by atoms with Gasteiger partial charge < -0.3 is 15.3 Å². The molecule has 19 heavy (non-hydrogen) atoms. The van der Waals surface area contributed by atoms with Crippen LogP contribution in [0.1, 0.15) is 51.9 Å². The van der Waals surface area contributed by atoms with Gasteiger partial charge in [-0.15, -0.1) is 0 Å². The Bertz CT molecular complexity index is 296. The fourth-order valence-electron chi connectivity index (χ4n) is 3.39. The standard InChI is InChI=1S/C15H28N2O2/c1-12-6-5-8-16-14(12)10-15(19)17-9-4-2-3-7-13(17)11-18/h12-14,16,18H,2-11H2,1H3. The predicted molar refractivity (Wildman–Crippen MR) is 75.9 cm³/mol. The summed E-state index contributed by atoms with van der Waals surface area (Å²) in [6, 6.07) is 0.373. The highest BCUT2D eigenvalue weighted by molar-refractivity contribution is 5.77. The molecule has 1 amide bonds. The van der Waals surface area contributed by atoms with Crippen molar-refractivity contribution in [1.82, 2.24) is 10.2 Å². The topological polar surface area (TPSA) is 52.6 Å². The van der Waals surface area contributed by atoms with Crippen LogP contribution in [-0.2, 0) is 4.79 Å². The Morgan fingerprint density at radius 3 is 2.84 bits per heavy atom. The van der Waals surface area contributed by atoms with E-state index in [1.54, 1.807) is 0 Å². The summed E-state index contributed by atoms with van der Waals surface area (Å²) in [4.78, 5) is 14.4. The second-order valence-electron chi connectivity index (χ2n) is 6.16. The number of hydrogen-bond donors (Lipinski definition) is 2. The van der Waals surface area contributed by atoms with Crippen molar-refractivity contribution in [2.24, 2.45) is 5.92 Å². The van der Waals surface area contributed by atoms with E-state index in [1.165, 1.54) is 19.3 Å². The molecule has 2 heterocycles. The molecule has 3 unspecified atom stereocenters. The summed E-state index contributed by atoms with van der Waals surface area (Å²) in [6.45, 7) is 4.20. The Labute approximate surface area is 116 Å². The highest BCUT2D eigenvalue weighted by Gasteiger charge is 2.29. The first kappa shape index (κ1) is 14.8. The number of hydrogen-bond acceptors (Lipinski definition) is 3. The van der Waals surface area contributed by atoms with Crippen LogP contribution in [-0.4, -0.2) is 47.7 Å². The normalized spacial score (nSPS) is 32.9. The molecule has 2 fully saturated rings. The molecule has 0 aromatic heterocycles. The van der Waals surface area contributed by atoms with Gasteiger partial charge in [0.2, 0.25) is 5.91 Å². The average Bonchev–Trinajstić information content (AvgIpc) is 2.66. The third kappa shape index (κ3) is 3.93. The van der Waals surface area contributed by atoms with Crippen LogP contribution in [0.3, 0.4) is 0 Å². The lowest BCUT2D eigenvalue weighted by Gasteiger charge is -2.34. The van der Waals surface area contributed by atoms with Crippen molar-refractivity contribution >= 4 is 5.91 Å². The van der Waals surface area contributed by atoms with Crippen molar-refractivity contribution in [1.29, 1.82) is 0 Å². The van der Waals surface area contributed by atoms with Crippen LogP contribution in [0.4, 0.5) is 0 Å². The van der Waals surface area contributed by atoms with E-state index in [9.17, 15) is 9.90 Å². The van der Waals surface area contributed by atoms with Gasteiger partial charge in [-0.1, -0.05) is 19.8 Å². The summed E-state index contributed by atoms with van der Waals surface area (Å²) in [6.07, 6.45) is 7.37. The zero-order chi connectivity index (χ0) is 13.7. The van der Waals surface area contributed by atoms with Crippen molar-refractivity contribution in [2.75, 3.05) is 19.7 Å². The van der Waals surface area contributed by atoms with E-state index in [1.807, 2.05) is 4.90 Å². The number of likely N-dealkylation sites (tertiary alicyclic amines) is 1. The molecule has 0 aromatic rings. The molecular weight excluding hydrogens is 240 g/mol. The van der Waals surface area contributed by atoms with Crippen LogP contribution in [0.2, 0.25) is 0 Å². The summed E-state index contributed by atoms with van der Waals surface area (Å²) in [5.41, 5.74) is 0. The number of rotatable bonds is 3. The first-order valence-corrected chi connectivity index (χ1v) is 7.86. The van der Waals surface area contributed by atoms with E-state index in [0.717, 1.165) is 32.4 Å². The summed E-state index contributed by atoms with van der Waals surface area (Å²) in [5, 5.41) is 13.0. The lowest BCUT2D eigenvalue weighted by molar-refractivity contribution is -0.135. The Balaban J connectivity index is 1.92. The smallest absolute Gasteiger partial charge is 0.224 e. The highest BCUT2D eigenvalue weighted by Crippen LogP contribution is 2.22. The minimum absolute atomic E-state index is 0.0499. The van der Waals surface area contributed by atoms with Crippen LogP contribution in [0.5, 0.6) is 0 Å². The van der Waals surface area contributed by atoms with E-state index in [4.69, 9.17) is 0 Å². The largest absolute Gasteiger partial charge is 0.394 e. The van der Waals surface area contributed by atoms with Crippen LogP contribution < -0.4 is 5.32 Å². The molecule has 0 spiro atoms. The lowest BCUT2D eigenvalue weighted by Crippen LogP contribution is -2.47. The van der Waals surface area contributed by atoms with Crippen LogP contribution >= 0.6 is 0 Å². The van der Waals surface area contributed by atoms with E-state index in [-0.39, 0.29) is 18.6 Å². The molecule has 2 aliphatic rings. The molecule has 2 N–H and O–H groups in total. The molecule has 0 aliphatic carbocycles. The molecule has 4 heteroatoms. The van der Waals surface area contributed by atoms with Crippen LogP contribution in [0, 0.1) is 5.92 Å². The SMILES string of the molecule is CC1CCCNC1CC(=O)N1CCCCCC1CO. The van der Waals surface area contributed by atoms with Crippen molar-refractivity contribution in [3.8, 4) is 0 Å². The maximum Gasteiger partial charge on any atom is 0.224 e. The van der Waals surface area contributed by atoms with Crippen LogP contribution in [0.25, 0.3) is 0 Å². The first-order valence-electron chi connectivity index (χ1n) is 7.86. The Morgan fingerprint density at radius 1 is 1.26 bits per heavy atom. The number of amides is 1. The molecule has 2 rings (SSSR count). The molecular formula is C15H28N2O2. The molecule has 3 atom stereocenters. The molecule has 0 saturated carbocycles. The van der Waals surface area contributed by atoms with Gasteiger partial charge in [0.15, 0.2) is 0 Å². The summed E-state index contributed by atoms with van der Waals surface area (Å²) in [7, 11) is 0. The number of carbonyl (C=O) groups is 1. The van der Waals surface area contributed by atoms with Gasteiger partial charge in [0.25, 0.3) is 0 Å². The molecule has 0 radical (unpaired) electrons. The first-order chi connectivity index (χ1) is 9.22. The number of nitrogens with one attached hydrogen (secondary N) is 1. The van der Waals surface area contributed by atoms with E-state index in [0.29, 0.717) is 18.4 Å². The minimum Gasteiger partial charge on any atom is -0.394 e. The number of piperidine rings is 1. The van der Waals surface area contributed by atoms with E-state index in [2.05, 4.69) is 12.2 Å². The average molecular weight is 268 g/mol. The van der Waals surface area contributed by atoms with Gasteiger partial charge in [-0.2, -0.15) is 0 Å². The summed E-state index contributed by atoms with van der Waals surface area (Å²) >= 11 is 0. The molecule has 0 aromatic carbocycles. The van der Waals surface area contributed by atoms with Crippen molar-refractivity contribution < 1.29 is 9.90 Å². The number of aliphatic hydroxyl groups excluding tert-OH is 1. The van der Waals surface area contributed by atoms with Gasteiger partial charge in [-0.25, -0.2) is 0 Å². The second-order valence-corrected chi connectivity index (χ2v) is 6.16. The Kier molecular flexibility index (Phi) is 5.64. The maximum absolute atomic E-state index is 12.5. The maximum atomic E-state index is 12.5. The third-order valence-electron chi connectivity index (χ3n) is 4.73. The number of nitrogens with zero attached hydrogens (tertiary/aromatic N) is 1. The van der Waals surface area contributed by atoms with E-state index < -0.39 is 0 Å². The van der Waals surface area contributed by atoms with Gasteiger partial charge >= 0.3 is 0 Å². The summed E-state index contributed by atoms with van der Waals surface area (Å²) in [5.74, 6) is 0.810. The number of aliphatic hydroxyl groups is 1. The molecule has 2 aliphatic heterocycles. The molecule has 4 nitrogen and oxygen atoms in total. The van der Waals surface area contributed by atoms with Crippen molar-refractivity contribution in [3.05, 3.63) is 0 Å². The Hall–Kier alpha value is -0.610. The zero-order valence-electron chi connectivity index (χ0n) is 12.1. The quantitative estimate of drug-likeness (QED) is 0.816. The van der Waals surface area contributed by atoms with Crippen LogP contribution in [0.15, 0.2) is 0 Å². The summed E-state index contributed by atoms with van der Waals surface area (Å²) < 4.78 is 0. The van der Waals surface area contributed by atoms with Crippen molar-refractivity contribution in [3.63, 3.8) is 0 Å². The zero-order valence-corrected chi connectivity index (χ0v) is 12.1. The number of carbonyl (C=O) groups excluding carboxylic acids is 1. The minimum atomic E-state index is 0.0499. The van der Waals surface area contributed by atoms with Gasteiger partial charge in [0.1, 0.15) is 0 Å². The molecule has 110 valence electrons. The monoisotopic (exact) mass is 268 g/mol. The fourth-order valence-corrected chi connectivity index (χ4v) is 3.39. The Morgan fingerprint density at radius 2 is 2.11 bits per heavy atom. The molecule has 0 bridgehead atoms. The lowest BCUT2D eigenvalue weighted by atomic mass is 9.90. The molecule has 2 saturated heterocycles. The van der Waals surface area contributed by atoms with Crippen molar-refractivity contribution in [2.45, 2.75) is 64.0 Å².